The number of para-hydroxylation sites is 1. The smallest absolute Gasteiger partial charge is 0.291 e. The number of ketones is 1. The van der Waals surface area contributed by atoms with Crippen LogP contribution in [0.25, 0.3) is 0 Å². The first-order chi connectivity index (χ1) is 16.0. The molecule has 1 N–H and O–H groups in total. The van der Waals surface area contributed by atoms with Gasteiger partial charge in [0.15, 0.2) is 5.17 Å². The van der Waals surface area contributed by atoms with E-state index in [1.807, 2.05) is 106 Å². The average molecular weight is 460 g/mol. The summed E-state index contributed by atoms with van der Waals surface area (Å²) in [6, 6.07) is 26.9. The van der Waals surface area contributed by atoms with E-state index in [2.05, 4.69) is 5.32 Å². The third kappa shape index (κ3) is 6.80. The molecule has 0 aromatic heterocycles. The van der Waals surface area contributed by atoms with Crippen LogP contribution in [-0.4, -0.2) is 34.8 Å². The third-order valence-corrected chi connectivity index (χ3v) is 6.26. The standard InChI is InChI=1S/C27H29N3O2S/c1-4-30(5-2)26(32)24(31)25(21-12-8-6-9-13-21)33-27(28-22-14-10-7-11-15-22)29-23-18-16-20(3)17-19-23/h6-19,25H,4-5H2,1-3H3,(H,28,29)/t25-/m1/s1. The van der Waals surface area contributed by atoms with Crippen molar-refractivity contribution < 1.29 is 9.59 Å². The summed E-state index contributed by atoms with van der Waals surface area (Å²) >= 11 is 1.25. The van der Waals surface area contributed by atoms with E-state index in [0.717, 1.165) is 22.5 Å². The summed E-state index contributed by atoms with van der Waals surface area (Å²) in [5.41, 5.74) is 3.52. The van der Waals surface area contributed by atoms with Crippen LogP contribution in [0.3, 0.4) is 0 Å². The lowest BCUT2D eigenvalue weighted by Crippen LogP contribution is -2.38. The number of aliphatic imine (C=N–C) groups is 1. The Hall–Kier alpha value is -3.38. The molecule has 0 unspecified atom stereocenters. The van der Waals surface area contributed by atoms with Crippen molar-refractivity contribution >= 4 is 40.0 Å². The van der Waals surface area contributed by atoms with Crippen molar-refractivity contribution in [3.63, 3.8) is 0 Å². The predicted molar refractivity (Wildman–Crippen MR) is 138 cm³/mol. The van der Waals surface area contributed by atoms with Crippen molar-refractivity contribution in [3.8, 4) is 0 Å². The molecule has 0 saturated carbocycles. The number of carbonyl (C=O) groups excluding carboxylic acids is 2. The van der Waals surface area contributed by atoms with Crippen molar-refractivity contribution in [1.82, 2.24) is 4.90 Å². The zero-order valence-corrected chi connectivity index (χ0v) is 20.0. The fourth-order valence-corrected chi connectivity index (χ4v) is 4.32. The molecule has 6 heteroatoms. The van der Waals surface area contributed by atoms with Crippen LogP contribution >= 0.6 is 11.8 Å². The quantitative estimate of drug-likeness (QED) is 0.255. The summed E-state index contributed by atoms with van der Waals surface area (Å²) in [6.07, 6.45) is 0. The lowest BCUT2D eigenvalue weighted by atomic mass is 10.1. The number of nitrogens with one attached hydrogen (secondary N) is 1. The second-order valence-electron chi connectivity index (χ2n) is 7.49. The molecule has 0 fully saturated rings. The largest absolute Gasteiger partial charge is 0.337 e. The van der Waals surface area contributed by atoms with Gasteiger partial charge in [-0.3, -0.25) is 9.59 Å². The van der Waals surface area contributed by atoms with Crippen LogP contribution in [0.5, 0.6) is 0 Å². The fraction of sp³-hybridized carbons (Fsp3) is 0.222. The highest BCUT2D eigenvalue weighted by atomic mass is 32.2. The van der Waals surface area contributed by atoms with Crippen molar-refractivity contribution in [3.05, 3.63) is 96.1 Å². The second-order valence-corrected chi connectivity index (χ2v) is 8.59. The van der Waals surface area contributed by atoms with Gasteiger partial charge in [0.05, 0.1) is 5.69 Å². The minimum atomic E-state index is -0.722. The van der Waals surface area contributed by atoms with E-state index in [1.54, 1.807) is 4.90 Å². The molecule has 0 spiro atoms. The number of aryl methyl sites for hydroxylation is 1. The number of likely N-dealkylation sites (N-methyl/N-ethyl adjacent to an activating group) is 1. The first-order valence-corrected chi connectivity index (χ1v) is 11.9. The molecule has 3 aromatic carbocycles. The van der Waals surface area contributed by atoms with Crippen LogP contribution in [0.4, 0.5) is 11.4 Å². The number of nitrogens with zero attached hydrogens (tertiary/aromatic N) is 2. The molecular weight excluding hydrogens is 430 g/mol. The van der Waals surface area contributed by atoms with E-state index in [9.17, 15) is 9.59 Å². The van der Waals surface area contributed by atoms with Gasteiger partial charge in [-0.2, -0.15) is 0 Å². The van der Waals surface area contributed by atoms with E-state index in [0.29, 0.717) is 18.3 Å². The summed E-state index contributed by atoms with van der Waals surface area (Å²) in [5.74, 6) is -0.933. The van der Waals surface area contributed by atoms with Gasteiger partial charge >= 0.3 is 0 Å². The maximum Gasteiger partial charge on any atom is 0.291 e. The number of rotatable bonds is 8. The Morgan fingerprint density at radius 1 is 0.879 bits per heavy atom. The van der Waals surface area contributed by atoms with Gasteiger partial charge in [0.2, 0.25) is 5.78 Å². The lowest BCUT2D eigenvalue weighted by Gasteiger charge is -2.22. The number of Topliss-reactive ketones (excluding diaryl/α,β-unsaturated/α-hetero) is 1. The Balaban J connectivity index is 1.99. The number of amides is 1. The maximum atomic E-state index is 13.4. The van der Waals surface area contributed by atoms with Gasteiger partial charge in [-0.25, -0.2) is 4.99 Å². The summed E-state index contributed by atoms with van der Waals surface area (Å²) < 4.78 is 0. The van der Waals surface area contributed by atoms with Crippen LogP contribution < -0.4 is 5.32 Å². The molecule has 0 aliphatic heterocycles. The molecule has 170 valence electrons. The van der Waals surface area contributed by atoms with Gasteiger partial charge in [0.1, 0.15) is 5.25 Å². The Morgan fingerprint density at radius 3 is 2.03 bits per heavy atom. The molecule has 0 aliphatic carbocycles. The molecule has 5 nitrogen and oxygen atoms in total. The summed E-state index contributed by atoms with van der Waals surface area (Å²) in [6.45, 7) is 6.75. The van der Waals surface area contributed by atoms with Gasteiger partial charge in [-0.15, -0.1) is 0 Å². The van der Waals surface area contributed by atoms with Crippen molar-refractivity contribution in [2.24, 2.45) is 4.99 Å². The molecule has 1 atom stereocenters. The van der Waals surface area contributed by atoms with Gasteiger partial charge in [-0.1, -0.05) is 78.0 Å². The van der Waals surface area contributed by atoms with Gasteiger partial charge in [-0.05, 0) is 50.6 Å². The minimum absolute atomic E-state index is 0.457. The number of benzene rings is 3. The summed E-state index contributed by atoms with van der Waals surface area (Å²) in [7, 11) is 0. The Bertz CT molecular complexity index is 1080. The number of carbonyl (C=O) groups is 2. The van der Waals surface area contributed by atoms with Crippen molar-refractivity contribution in [2.45, 2.75) is 26.0 Å². The van der Waals surface area contributed by atoms with Crippen LogP contribution in [0, 0.1) is 6.92 Å². The molecule has 0 aliphatic rings. The molecule has 33 heavy (non-hydrogen) atoms. The number of hydrogen-bond acceptors (Lipinski definition) is 4. The normalized spacial score (nSPS) is 12.2. The van der Waals surface area contributed by atoms with Crippen LogP contribution in [-0.2, 0) is 9.59 Å². The van der Waals surface area contributed by atoms with E-state index in [-0.39, 0.29) is 0 Å². The zero-order chi connectivity index (χ0) is 23.6. The zero-order valence-electron chi connectivity index (χ0n) is 19.2. The number of thioether (sulfide) groups is 1. The number of amidine groups is 1. The minimum Gasteiger partial charge on any atom is -0.337 e. The molecule has 1 amide bonds. The van der Waals surface area contributed by atoms with Crippen LogP contribution in [0.15, 0.2) is 89.9 Å². The Morgan fingerprint density at radius 2 is 1.45 bits per heavy atom. The van der Waals surface area contributed by atoms with E-state index < -0.39 is 16.9 Å². The Labute approximate surface area is 199 Å². The molecule has 0 radical (unpaired) electrons. The molecule has 3 aromatic rings. The van der Waals surface area contributed by atoms with Gasteiger partial charge in [0, 0.05) is 18.8 Å². The van der Waals surface area contributed by atoms with Crippen molar-refractivity contribution in [1.29, 1.82) is 0 Å². The van der Waals surface area contributed by atoms with Crippen LogP contribution in [0.1, 0.15) is 30.2 Å². The summed E-state index contributed by atoms with van der Waals surface area (Å²) in [5, 5.41) is 3.15. The molecule has 3 rings (SSSR count). The van der Waals surface area contributed by atoms with E-state index in [4.69, 9.17) is 4.99 Å². The Kier molecular flexibility index (Phi) is 8.84. The lowest BCUT2D eigenvalue weighted by molar-refractivity contribution is -0.144. The topological polar surface area (TPSA) is 61.8 Å². The summed E-state index contributed by atoms with van der Waals surface area (Å²) in [4.78, 5) is 32.7. The molecular formula is C27H29N3O2S. The van der Waals surface area contributed by atoms with Gasteiger partial charge < -0.3 is 10.2 Å². The first kappa shape index (κ1) is 24.3. The molecule has 0 heterocycles. The average Bonchev–Trinajstić information content (AvgIpc) is 2.85. The highest BCUT2D eigenvalue weighted by Crippen LogP contribution is 2.33. The van der Waals surface area contributed by atoms with Gasteiger partial charge in [0.25, 0.3) is 5.91 Å². The number of anilines is 1. The first-order valence-electron chi connectivity index (χ1n) is 11.0. The number of hydrogen-bond donors (Lipinski definition) is 1. The third-order valence-electron chi connectivity index (χ3n) is 5.12. The predicted octanol–water partition coefficient (Wildman–Crippen LogP) is 6.01. The maximum absolute atomic E-state index is 13.4. The molecule has 0 saturated heterocycles. The highest BCUT2D eigenvalue weighted by molar-refractivity contribution is 8.15. The fourth-order valence-electron chi connectivity index (χ4n) is 3.26. The van der Waals surface area contributed by atoms with E-state index >= 15 is 0 Å². The SMILES string of the molecule is CCN(CC)C(=O)C(=O)[C@H](SC(=Nc1ccc(C)cc1)Nc1ccccc1)c1ccccc1. The second kappa shape index (κ2) is 12.0. The molecule has 0 bridgehead atoms. The monoisotopic (exact) mass is 459 g/mol. The highest BCUT2D eigenvalue weighted by Gasteiger charge is 2.31. The van der Waals surface area contributed by atoms with E-state index in [1.165, 1.54) is 11.8 Å². The van der Waals surface area contributed by atoms with Crippen molar-refractivity contribution in [2.75, 3.05) is 18.4 Å². The van der Waals surface area contributed by atoms with Crippen LogP contribution in [0.2, 0.25) is 0 Å².